The number of amides is 2. The molecule has 0 spiro atoms. The van der Waals surface area contributed by atoms with Gasteiger partial charge in [0.1, 0.15) is 0 Å². The van der Waals surface area contributed by atoms with Gasteiger partial charge in [-0.3, -0.25) is 10.4 Å². The monoisotopic (exact) mass is 349 g/mol. The highest BCUT2D eigenvalue weighted by Gasteiger charge is 2.11. The fourth-order valence-electron chi connectivity index (χ4n) is 2.57. The number of H-pyrrole nitrogens is 1. The standard InChI is InChI=1S/C20H23N5O/c1-2-3-13-21-16-9-11-17(12-10-16)23-20(26)24-19-18(14-22-25-19)15-7-5-4-6-8-15/h4-12,14,21H,2-3,13H2,1H3,(H3,22,23,24,25,26). The average Bonchev–Trinajstić information content (AvgIpc) is 3.12. The molecule has 0 atom stereocenters. The third-order valence-electron chi connectivity index (χ3n) is 3.96. The number of aromatic amines is 1. The number of carbonyl (C=O) groups excluding carboxylic acids is 1. The summed E-state index contributed by atoms with van der Waals surface area (Å²) in [6.45, 7) is 3.11. The largest absolute Gasteiger partial charge is 0.385 e. The quantitative estimate of drug-likeness (QED) is 0.456. The first kappa shape index (κ1) is 17.5. The molecule has 4 N–H and O–H groups in total. The van der Waals surface area contributed by atoms with Crippen LogP contribution in [-0.4, -0.2) is 22.8 Å². The van der Waals surface area contributed by atoms with Gasteiger partial charge in [0.15, 0.2) is 5.82 Å². The highest BCUT2D eigenvalue weighted by atomic mass is 16.2. The van der Waals surface area contributed by atoms with Crippen LogP contribution in [0.5, 0.6) is 0 Å². The van der Waals surface area contributed by atoms with Crippen molar-refractivity contribution in [3.8, 4) is 11.1 Å². The van der Waals surface area contributed by atoms with Crippen LogP contribution in [0.4, 0.5) is 22.0 Å². The van der Waals surface area contributed by atoms with Gasteiger partial charge in [-0.05, 0) is 36.2 Å². The summed E-state index contributed by atoms with van der Waals surface area (Å²) in [6.07, 6.45) is 4.06. The Morgan fingerprint density at radius 2 is 1.73 bits per heavy atom. The normalized spacial score (nSPS) is 10.3. The van der Waals surface area contributed by atoms with E-state index in [0.29, 0.717) is 5.82 Å². The summed E-state index contributed by atoms with van der Waals surface area (Å²) in [6, 6.07) is 17.1. The molecule has 0 saturated heterocycles. The summed E-state index contributed by atoms with van der Waals surface area (Å²) in [4.78, 5) is 12.3. The molecule has 134 valence electrons. The number of hydrogen-bond acceptors (Lipinski definition) is 3. The maximum Gasteiger partial charge on any atom is 0.324 e. The van der Waals surface area contributed by atoms with E-state index >= 15 is 0 Å². The Morgan fingerprint density at radius 1 is 1.00 bits per heavy atom. The molecule has 3 rings (SSSR count). The third kappa shape index (κ3) is 4.63. The smallest absolute Gasteiger partial charge is 0.324 e. The molecule has 3 aromatic rings. The van der Waals surface area contributed by atoms with E-state index in [0.717, 1.165) is 41.9 Å². The third-order valence-corrected chi connectivity index (χ3v) is 3.96. The van der Waals surface area contributed by atoms with Crippen LogP contribution in [0, 0.1) is 0 Å². The van der Waals surface area contributed by atoms with E-state index in [9.17, 15) is 4.79 Å². The number of carbonyl (C=O) groups is 1. The second kappa shape index (κ2) is 8.71. The van der Waals surface area contributed by atoms with Crippen molar-refractivity contribution >= 4 is 23.2 Å². The van der Waals surface area contributed by atoms with Crippen molar-refractivity contribution in [1.82, 2.24) is 10.2 Å². The molecule has 1 heterocycles. The lowest BCUT2D eigenvalue weighted by Crippen LogP contribution is -2.20. The number of rotatable bonds is 7. The number of benzene rings is 2. The van der Waals surface area contributed by atoms with Crippen LogP contribution in [0.25, 0.3) is 11.1 Å². The van der Waals surface area contributed by atoms with Gasteiger partial charge in [0.05, 0.1) is 0 Å². The minimum atomic E-state index is -0.332. The molecule has 0 fully saturated rings. The molecule has 2 aromatic carbocycles. The van der Waals surface area contributed by atoms with Crippen LogP contribution >= 0.6 is 0 Å². The van der Waals surface area contributed by atoms with Crippen molar-refractivity contribution < 1.29 is 4.79 Å². The van der Waals surface area contributed by atoms with Gasteiger partial charge in [0.2, 0.25) is 0 Å². The molecule has 2 amide bonds. The molecule has 0 radical (unpaired) electrons. The Labute approximate surface area is 153 Å². The van der Waals surface area contributed by atoms with Crippen LogP contribution in [0.15, 0.2) is 60.8 Å². The van der Waals surface area contributed by atoms with Gasteiger partial charge in [0, 0.05) is 29.7 Å². The van der Waals surface area contributed by atoms with Gasteiger partial charge in [-0.25, -0.2) is 4.79 Å². The molecule has 0 bridgehead atoms. The lowest BCUT2D eigenvalue weighted by Gasteiger charge is -2.09. The molecule has 0 aliphatic carbocycles. The van der Waals surface area contributed by atoms with Crippen molar-refractivity contribution in [2.45, 2.75) is 19.8 Å². The molecule has 0 aliphatic heterocycles. The Hall–Kier alpha value is -3.28. The highest BCUT2D eigenvalue weighted by Crippen LogP contribution is 2.25. The molecule has 6 heteroatoms. The highest BCUT2D eigenvalue weighted by molar-refractivity contribution is 6.01. The predicted molar refractivity (Wildman–Crippen MR) is 107 cm³/mol. The molecule has 0 aliphatic rings. The summed E-state index contributed by atoms with van der Waals surface area (Å²) in [5.74, 6) is 0.492. The van der Waals surface area contributed by atoms with E-state index in [1.807, 2.05) is 54.6 Å². The van der Waals surface area contributed by atoms with Gasteiger partial charge < -0.3 is 10.6 Å². The number of nitrogens with zero attached hydrogens (tertiary/aromatic N) is 1. The molecular formula is C20H23N5O. The van der Waals surface area contributed by atoms with E-state index in [1.54, 1.807) is 6.20 Å². The summed E-state index contributed by atoms with van der Waals surface area (Å²) in [7, 11) is 0. The van der Waals surface area contributed by atoms with Crippen molar-refractivity contribution in [2.24, 2.45) is 0 Å². The van der Waals surface area contributed by atoms with Crippen LogP contribution in [-0.2, 0) is 0 Å². The number of urea groups is 1. The Bertz CT molecular complexity index is 827. The second-order valence-corrected chi connectivity index (χ2v) is 5.95. The maximum absolute atomic E-state index is 12.3. The molecule has 1 aromatic heterocycles. The van der Waals surface area contributed by atoms with Crippen LogP contribution in [0.3, 0.4) is 0 Å². The lowest BCUT2D eigenvalue weighted by atomic mass is 10.1. The number of nitrogens with one attached hydrogen (secondary N) is 4. The number of aromatic nitrogens is 2. The van der Waals surface area contributed by atoms with Crippen LogP contribution < -0.4 is 16.0 Å². The van der Waals surface area contributed by atoms with Gasteiger partial charge in [-0.1, -0.05) is 43.7 Å². The van der Waals surface area contributed by atoms with Crippen molar-refractivity contribution in [1.29, 1.82) is 0 Å². The van der Waals surface area contributed by atoms with Gasteiger partial charge in [0.25, 0.3) is 0 Å². The summed E-state index contributed by atoms with van der Waals surface area (Å²) < 4.78 is 0. The van der Waals surface area contributed by atoms with Crippen molar-refractivity contribution in [3.05, 3.63) is 60.8 Å². The topological polar surface area (TPSA) is 81.8 Å². The summed E-state index contributed by atoms with van der Waals surface area (Å²) >= 11 is 0. The van der Waals surface area contributed by atoms with Gasteiger partial charge in [-0.2, -0.15) is 5.10 Å². The lowest BCUT2D eigenvalue weighted by molar-refractivity contribution is 0.262. The van der Waals surface area contributed by atoms with Crippen LogP contribution in [0.2, 0.25) is 0 Å². The SMILES string of the molecule is CCCCNc1ccc(NC(=O)Nc2n[nH]cc2-c2ccccc2)cc1. The van der Waals surface area contributed by atoms with E-state index in [1.165, 1.54) is 0 Å². The Morgan fingerprint density at radius 3 is 2.46 bits per heavy atom. The van der Waals surface area contributed by atoms with Gasteiger partial charge >= 0.3 is 6.03 Å². The number of hydrogen-bond donors (Lipinski definition) is 4. The van der Waals surface area contributed by atoms with E-state index in [4.69, 9.17) is 0 Å². The zero-order valence-electron chi connectivity index (χ0n) is 14.8. The maximum atomic E-state index is 12.3. The van der Waals surface area contributed by atoms with Crippen molar-refractivity contribution in [3.63, 3.8) is 0 Å². The summed E-state index contributed by atoms with van der Waals surface area (Å²) in [5.41, 5.74) is 3.60. The molecule has 0 unspecified atom stereocenters. The van der Waals surface area contributed by atoms with E-state index in [-0.39, 0.29) is 6.03 Å². The molecular weight excluding hydrogens is 326 g/mol. The average molecular weight is 349 g/mol. The number of unbranched alkanes of at least 4 members (excludes halogenated alkanes) is 1. The zero-order valence-corrected chi connectivity index (χ0v) is 14.8. The summed E-state index contributed by atoms with van der Waals surface area (Å²) in [5, 5.41) is 15.9. The number of anilines is 3. The molecule has 6 nitrogen and oxygen atoms in total. The first-order valence-electron chi connectivity index (χ1n) is 8.77. The first-order valence-corrected chi connectivity index (χ1v) is 8.77. The minimum Gasteiger partial charge on any atom is -0.385 e. The Kier molecular flexibility index (Phi) is 5.88. The van der Waals surface area contributed by atoms with E-state index < -0.39 is 0 Å². The van der Waals surface area contributed by atoms with Gasteiger partial charge in [-0.15, -0.1) is 0 Å². The molecule has 0 saturated carbocycles. The predicted octanol–water partition coefficient (Wildman–Crippen LogP) is 4.93. The van der Waals surface area contributed by atoms with Crippen molar-refractivity contribution in [2.75, 3.05) is 22.5 Å². The Balaban J connectivity index is 1.59. The zero-order chi connectivity index (χ0) is 18.2. The van der Waals surface area contributed by atoms with E-state index in [2.05, 4.69) is 33.1 Å². The molecule has 26 heavy (non-hydrogen) atoms. The minimum absolute atomic E-state index is 0.332. The fraction of sp³-hybridized carbons (Fsp3) is 0.200. The van der Waals surface area contributed by atoms with Crippen LogP contribution in [0.1, 0.15) is 19.8 Å². The first-order chi connectivity index (χ1) is 12.8. The second-order valence-electron chi connectivity index (χ2n) is 5.95. The fourth-order valence-corrected chi connectivity index (χ4v) is 2.57.